The van der Waals surface area contributed by atoms with Crippen molar-refractivity contribution < 1.29 is 13.2 Å². The summed E-state index contributed by atoms with van der Waals surface area (Å²) in [6, 6.07) is 2.73. The SMILES string of the molecule is CS(=O)(=O)N(CC(=O)N1CCCCCC1)c1cc(Cl)c(Cl)cc1Cl. The van der Waals surface area contributed by atoms with Crippen molar-refractivity contribution in [1.29, 1.82) is 0 Å². The van der Waals surface area contributed by atoms with Gasteiger partial charge in [0.05, 0.1) is 27.0 Å². The Morgan fingerprint density at radius 3 is 2.12 bits per heavy atom. The van der Waals surface area contributed by atoms with Crippen molar-refractivity contribution >= 4 is 56.4 Å². The van der Waals surface area contributed by atoms with Crippen molar-refractivity contribution in [3.8, 4) is 0 Å². The van der Waals surface area contributed by atoms with Gasteiger partial charge in [-0.05, 0) is 25.0 Å². The van der Waals surface area contributed by atoms with Crippen molar-refractivity contribution in [3.63, 3.8) is 0 Å². The predicted octanol–water partition coefficient (Wildman–Crippen LogP) is 3.82. The van der Waals surface area contributed by atoms with E-state index in [4.69, 9.17) is 34.8 Å². The number of anilines is 1. The molecule has 0 saturated carbocycles. The highest BCUT2D eigenvalue weighted by Gasteiger charge is 2.26. The number of likely N-dealkylation sites (tertiary alicyclic amines) is 1. The molecule has 1 aliphatic heterocycles. The number of carbonyl (C=O) groups is 1. The normalized spacial score (nSPS) is 15.9. The summed E-state index contributed by atoms with van der Waals surface area (Å²) in [7, 11) is -3.71. The van der Waals surface area contributed by atoms with Gasteiger partial charge in [-0.1, -0.05) is 47.6 Å². The molecule has 0 aliphatic carbocycles. The fraction of sp³-hybridized carbons (Fsp3) is 0.533. The van der Waals surface area contributed by atoms with Gasteiger partial charge in [-0.15, -0.1) is 0 Å². The standard InChI is InChI=1S/C15H19Cl3N2O3S/c1-24(22,23)20(14-9-12(17)11(16)8-13(14)18)10-15(21)19-6-4-2-3-5-7-19/h8-9H,2-7,10H2,1H3. The fourth-order valence-electron chi connectivity index (χ4n) is 2.63. The first-order valence-corrected chi connectivity index (χ1v) is 10.6. The van der Waals surface area contributed by atoms with Crippen LogP contribution in [0.2, 0.25) is 15.1 Å². The summed E-state index contributed by atoms with van der Waals surface area (Å²) in [6.45, 7) is 0.980. The third-order valence-corrected chi connectivity index (χ3v) is 6.05. The third-order valence-electron chi connectivity index (χ3n) is 3.90. The van der Waals surface area contributed by atoms with Gasteiger partial charge in [-0.25, -0.2) is 8.42 Å². The van der Waals surface area contributed by atoms with E-state index in [9.17, 15) is 13.2 Å². The lowest BCUT2D eigenvalue weighted by Gasteiger charge is -2.27. The number of rotatable bonds is 4. The van der Waals surface area contributed by atoms with Gasteiger partial charge in [0.2, 0.25) is 15.9 Å². The molecule has 1 aliphatic rings. The zero-order valence-corrected chi connectivity index (χ0v) is 16.4. The van der Waals surface area contributed by atoms with Crippen LogP contribution in [0.3, 0.4) is 0 Å². The number of hydrogen-bond acceptors (Lipinski definition) is 3. The molecule has 1 aromatic rings. The summed E-state index contributed by atoms with van der Waals surface area (Å²) in [5, 5.41) is 0.517. The number of carbonyl (C=O) groups excluding carboxylic acids is 1. The quantitative estimate of drug-likeness (QED) is 0.705. The van der Waals surface area contributed by atoms with Gasteiger partial charge in [-0.2, -0.15) is 0 Å². The van der Waals surface area contributed by atoms with Gasteiger partial charge in [-0.3, -0.25) is 9.10 Å². The molecule has 1 fully saturated rings. The molecule has 1 saturated heterocycles. The van der Waals surface area contributed by atoms with E-state index in [-0.39, 0.29) is 33.2 Å². The molecular weight excluding hydrogens is 395 g/mol. The van der Waals surface area contributed by atoms with E-state index in [1.807, 2.05) is 0 Å². The summed E-state index contributed by atoms with van der Waals surface area (Å²) < 4.78 is 25.4. The van der Waals surface area contributed by atoms with Crippen molar-refractivity contribution in [2.24, 2.45) is 0 Å². The van der Waals surface area contributed by atoms with Gasteiger partial charge in [0.25, 0.3) is 0 Å². The number of hydrogen-bond donors (Lipinski definition) is 0. The molecule has 24 heavy (non-hydrogen) atoms. The predicted molar refractivity (Wildman–Crippen MR) is 98.7 cm³/mol. The molecule has 134 valence electrons. The van der Waals surface area contributed by atoms with Crippen LogP contribution in [0, 0.1) is 0 Å². The van der Waals surface area contributed by atoms with E-state index < -0.39 is 10.0 Å². The zero-order valence-electron chi connectivity index (χ0n) is 13.3. The molecule has 0 aromatic heterocycles. The molecule has 1 aromatic carbocycles. The van der Waals surface area contributed by atoms with Crippen LogP contribution in [0.25, 0.3) is 0 Å². The minimum atomic E-state index is -3.71. The number of benzene rings is 1. The number of halogens is 3. The minimum absolute atomic E-state index is 0.124. The smallest absolute Gasteiger partial charge is 0.243 e. The second-order valence-corrected chi connectivity index (χ2v) is 8.91. The van der Waals surface area contributed by atoms with Crippen molar-refractivity contribution in [2.45, 2.75) is 25.7 Å². The molecule has 0 atom stereocenters. The Morgan fingerprint density at radius 1 is 1.04 bits per heavy atom. The van der Waals surface area contributed by atoms with E-state index in [0.717, 1.165) is 36.2 Å². The van der Waals surface area contributed by atoms with Crippen LogP contribution in [0.1, 0.15) is 25.7 Å². The summed E-state index contributed by atoms with van der Waals surface area (Å²) in [5.41, 5.74) is 0.150. The molecule has 0 bridgehead atoms. The monoisotopic (exact) mass is 412 g/mol. The van der Waals surface area contributed by atoms with Crippen LogP contribution in [-0.2, 0) is 14.8 Å². The Kier molecular flexibility index (Phi) is 6.65. The van der Waals surface area contributed by atoms with E-state index >= 15 is 0 Å². The lowest BCUT2D eigenvalue weighted by molar-refractivity contribution is -0.129. The van der Waals surface area contributed by atoms with Crippen LogP contribution in [-0.4, -0.2) is 45.1 Å². The highest BCUT2D eigenvalue weighted by atomic mass is 35.5. The average molecular weight is 414 g/mol. The Morgan fingerprint density at radius 2 is 1.58 bits per heavy atom. The molecule has 2 rings (SSSR count). The summed E-state index contributed by atoms with van der Waals surface area (Å²) in [5.74, 6) is -0.246. The molecule has 1 amide bonds. The van der Waals surface area contributed by atoms with Crippen LogP contribution in [0.15, 0.2) is 12.1 Å². The van der Waals surface area contributed by atoms with Crippen LogP contribution in [0.5, 0.6) is 0 Å². The topological polar surface area (TPSA) is 57.7 Å². The zero-order chi connectivity index (χ0) is 17.9. The van der Waals surface area contributed by atoms with Crippen LogP contribution >= 0.6 is 34.8 Å². The van der Waals surface area contributed by atoms with E-state index in [1.165, 1.54) is 12.1 Å². The number of sulfonamides is 1. The molecule has 1 heterocycles. The Balaban J connectivity index is 2.30. The van der Waals surface area contributed by atoms with Gasteiger partial charge in [0, 0.05) is 13.1 Å². The first kappa shape index (κ1) is 19.6. The highest BCUT2D eigenvalue weighted by molar-refractivity contribution is 7.92. The Hall–Kier alpha value is -0.690. The molecule has 0 radical (unpaired) electrons. The summed E-state index contributed by atoms with van der Waals surface area (Å²) in [4.78, 5) is 14.3. The van der Waals surface area contributed by atoms with Gasteiger partial charge < -0.3 is 4.90 Å². The lowest BCUT2D eigenvalue weighted by Crippen LogP contribution is -2.43. The van der Waals surface area contributed by atoms with Crippen LogP contribution in [0.4, 0.5) is 5.69 Å². The highest BCUT2D eigenvalue weighted by Crippen LogP contribution is 2.35. The maximum Gasteiger partial charge on any atom is 0.243 e. The second-order valence-electron chi connectivity index (χ2n) is 5.78. The van der Waals surface area contributed by atoms with Gasteiger partial charge >= 0.3 is 0 Å². The van der Waals surface area contributed by atoms with Crippen molar-refractivity contribution in [1.82, 2.24) is 4.90 Å². The Labute approximate surface area is 157 Å². The van der Waals surface area contributed by atoms with Gasteiger partial charge in [0.15, 0.2) is 0 Å². The first-order chi connectivity index (χ1) is 11.2. The molecule has 5 nitrogen and oxygen atoms in total. The fourth-order valence-corrected chi connectivity index (χ4v) is 4.17. The van der Waals surface area contributed by atoms with E-state index in [1.54, 1.807) is 4.90 Å². The maximum absolute atomic E-state index is 12.6. The summed E-state index contributed by atoms with van der Waals surface area (Å²) >= 11 is 18.0. The largest absolute Gasteiger partial charge is 0.341 e. The van der Waals surface area contributed by atoms with Crippen LogP contribution < -0.4 is 4.31 Å². The first-order valence-electron chi connectivity index (χ1n) is 7.60. The summed E-state index contributed by atoms with van der Waals surface area (Å²) in [6.07, 6.45) is 5.05. The average Bonchev–Trinajstić information content (AvgIpc) is 2.77. The molecular formula is C15H19Cl3N2O3S. The molecule has 0 spiro atoms. The van der Waals surface area contributed by atoms with Crippen molar-refractivity contribution in [3.05, 3.63) is 27.2 Å². The van der Waals surface area contributed by atoms with E-state index in [2.05, 4.69) is 0 Å². The minimum Gasteiger partial charge on any atom is -0.341 e. The maximum atomic E-state index is 12.6. The number of nitrogens with zero attached hydrogens (tertiary/aromatic N) is 2. The molecule has 0 N–H and O–H groups in total. The lowest BCUT2D eigenvalue weighted by atomic mass is 10.2. The Bertz CT molecular complexity index is 717. The second kappa shape index (κ2) is 8.13. The number of amides is 1. The van der Waals surface area contributed by atoms with Crippen molar-refractivity contribution in [2.75, 3.05) is 30.2 Å². The third kappa shape index (κ3) is 4.91. The molecule has 0 unspecified atom stereocenters. The van der Waals surface area contributed by atoms with E-state index in [0.29, 0.717) is 13.1 Å². The van der Waals surface area contributed by atoms with Gasteiger partial charge in [0.1, 0.15) is 6.54 Å². The molecule has 9 heteroatoms.